The lowest BCUT2D eigenvalue weighted by atomic mass is 9.98. The molecule has 1 aromatic heterocycles. The first kappa shape index (κ1) is 17.9. The van der Waals surface area contributed by atoms with Crippen LogP contribution in [0.1, 0.15) is 27.2 Å². The average Bonchev–Trinajstić information content (AvgIpc) is 2.71. The number of hydrogen-bond donors (Lipinski definition) is 1. The predicted octanol–water partition coefficient (Wildman–Crippen LogP) is 5.45. The summed E-state index contributed by atoms with van der Waals surface area (Å²) in [6.07, 6.45) is 0. The molecule has 3 heteroatoms. The van der Waals surface area contributed by atoms with Crippen molar-refractivity contribution in [2.75, 3.05) is 0 Å². The summed E-state index contributed by atoms with van der Waals surface area (Å²) in [7, 11) is 0. The Kier molecular flexibility index (Phi) is 4.90. The Balaban J connectivity index is 1.72. The van der Waals surface area contributed by atoms with E-state index in [1.807, 2.05) is 55.5 Å². The molecule has 0 aliphatic carbocycles. The number of carbonyl (C=O) groups is 1. The lowest BCUT2D eigenvalue weighted by molar-refractivity contribution is 0.0952. The van der Waals surface area contributed by atoms with Crippen molar-refractivity contribution in [3.05, 3.63) is 101 Å². The van der Waals surface area contributed by atoms with Crippen molar-refractivity contribution in [3.8, 4) is 11.1 Å². The number of nitrogens with one attached hydrogen (secondary N) is 1. The fourth-order valence-electron chi connectivity index (χ4n) is 3.51. The highest BCUT2D eigenvalue weighted by atomic mass is 16.1. The summed E-state index contributed by atoms with van der Waals surface area (Å²) in [5.41, 5.74) is 6.75. The van der Waals surface area contributed by atoms with Crippen molar-refractivity contribution in [1.29, 1.82) is 0 Å². The maximum absolute atomic E-state index is 13.0. The van der Waals surface area contributed by atoms with E-state index in [1.165, 1.54) is 5.56 Å². The number of nitrogens with zero attached hydrogens (tertiary/aromatic N) is 1. The molecule has 0 radical (unpaired) electrons. The molecule has 4 aromatic rings. The second kappa shape index (κ2) is 7.65. The third-order valence-electron chi connectivity index (χ3n) is 4.83. The number of aromatic nitrogens is 1. The van der Waals surface area contributed by atoms with Gasteiger partial charge in [-0.05, 0) is 31.0 Å². The highest BCUT2D eigenvalue weighted by molar-refractivity contribution is 6.09. The minimum Gasteiger partial charge on any atom is -0.348 e. The van der Waals surface area contributed by atoms with Crippen LogP contribution in [0.2, 0.25) is 0 Å². The Morgan fingerprint density at radius 2 is 1.68 bits per heavy atom. The maximum atomic E-state index is 13.0. The van der Waals surface area contributed by atoms with Crippen molar-refractivity contribution in [2.24, 2.45) is 0 Å². The van der Waals surface area contributed by atoms with E-state index in [-0.39, 0.29) is 5.91 Å². The smallest absolute Gasteiger partial charge is 0.252 e. The van der Waals surface area contributed by atoms with E-state index in [1.54, 1.807) is 0 Å². The molecule has 0 atom stereocenters. The van der Waals surface area contributed by atoms with Gasteiger partial charge in [-0.2, -0.15) is 0 Å². The molecule has 0 spiro atoms. The van der Waals surface area contributed by atoms with Gasteiger partial charge in [-0.3, -0.25) is 9.78 Å². The number of pyridine rings is 1. The molecule has 0 fully saturated rings. The molecule has 4 rings (SSSR count). The van der Waals surface area contributed by atoms with E-state index >= 15 is 0 Å². The van der Waals surface area contributed by atoms with Crippen LogP contribution in [0, 0.1) is 13.8 Å². The fourth-order valence-corrected chi connectivity index (χ4v) is 3.51. The first-order chi connectivity index (χ1) is 13.6. The average molecular weight is 366 g/mol. The van der Waals surface area contributed by atoms with E-state index in [0.717, 1.165) is 33.3 Å². The summed E-state index contributed by atoms with van der Waals surface area (Å²) in [6.45, 7) is 4.48. The largest absolute Gasteiger partial charge is 0.348 e. The molecule has 0 unspecified atom stereocenters. The minimum atomic E-state index is -0.0813. The molecule has 28 heavy (non-hydrogen) atoms. The zero-order chi connectivity index (χ0) is 19.5. The van der Waals surface area contributed by atoms with Gasteiger partial charge in [0.05, 0.1) is 11.1 Å². The molecule has 0 bridgehead atoms. The van der Waals surface area contributed by atoms with Crippen molar-refractivity contribution in [2.45, 2.75) is 20.4 Å². The number of amides is 1. The first-order valence-corrected chi connectivity index (χ1v) is 9.41. The van der Waals surface area contributed by atoms with Crippen molar-refractivity contribution in [1.82, 2.24) is 10.3 Å². The zero-order valence-corrected chi connectivity index (χ0v) is 16.1. The lowest BCUT2D eigenvalue weighted by Gasteiger charge is -2.12. The molecular weight excluding hydrogens is 344 g/mol. The van der Waals surface area contributed by atoms with Gasteiger partial charge in [0, 0.05) is 23.2 Å². The summed E-state index contributed by atoms with van der Waals surface area (Å²) in [4.78, 5) is 17.7. The summed E-state index contributed by atoms with van der Waals surface area (Å²) < 4.78 is 0. The Labute approximate surface area is 165 Å². The number of para-hydroxylation sites is 1. The van der Waals surface area contributed by atoms with Crippen molar-refractivity contribution in [3.63, 3.8) is 0 Å². The van der Waals surface area contributed by atoms with Gasteiger partial charge in [-0.15, -0.1) is 0 Å². The maximum Gasteiger partial charge on any atom is 0.252 e. The highest BCUT2D eigenvalue weighted by Crippen LogP contribution is 2.29. The first-order valence-electron chi connectivity index (χ1n) is 9.41. The molecule has 138 valence electrons. The molecule has 0 saturated carbocycles. The Hall–Kier alpha value is -3.46. The SMILES string of the molecule is Cc1cccc(CNC(=O)c2cc(C)nc3c(-c4ccccc4)cccc23)c1. The lowest BCUT2D eigenvalue weighted by Crippen LogP contribution is -2.23. The van der Waals surface area contributed by atoms with Crippen LogP contribution in [0.15, 0.2) is 78.9 Å². The molecule has 3 aromatic carbocycles. The minimum absolute atomic E-state index is 0.0813. The normalized spacial score (nSPS) is 10.8. The number of aryl methyl sites for hydroxylation is 2. The molecule has 0 aliphatic heterocycles. The summed E-state index contributed by atoms with van der Waals surface area (Å²) in [5.74, 6) is -0.0813. The molecule has 1 N–H and O–H groups in total. The number of carbonyl (C=O) groups excluding carboxylic acids is 1. The number of hydrogen-bond acceptors (Lipinski definition) is 2. The van der Waals surface area contributed by atoms with Crippen LogP contribution < -0.4 is 5.32 Å². The van der Waals surface area contributed by atoms with Gasteiger partial charge < -0.3 is 5.32 Å². The molecule has 1 heterocycles. The van der Waals surface area contributed by atoms with Gasteiger partial charge in [-0.1, -0.05) is 78.4 Å². The van der Waals surface area contributed by atoms with Crippen molar-refractivity contribution < 1.29 is 4.79 Å². The predicted molar refractivity (Wildman–Crippen MR) is 114 cm³/mol. The second-order valence-corrected chi connectivity index (χ2v) is 7.05. The van der Waals surface area contributed by atoms with E-state index in [0.29, 0.717) is 12.1 Å². The monoisotopic (exact) mass is 366 g/mol. The van der Waals surface area contributed by atoms with E-state index in [2.05, 4.69) is 42.6 Å². The van der Waals surface area contributed by atoms with Crippen LogP contribution in [0.3, 0.4) is 0 Å². The summed E-state index contributed by atoms with van der Waals surface area (Å²) in [5, 5.41) is 3.92. The summed E-state index contributed by atoms with van der Waals surface area (Å²) in [6, 6.07) is 26.2. The topological polar surface area (TPSA) is 42.0 Å². The second-order valence-electron chi connectivity index (χ2n) is 7.05. The van der Waals surface area contributed by atoms with Gasteiger partial charge >= 0.3 is 0 Å². The third kappa shape index (κ3) is 3.65. The number of benzene rings is 3. The molecule has 0 saturated heterocycles. The van der Waals surface area contributed by atoms with Crippen LogP contribution >= 0.6 is 0 Å². The quantitative estimate of drug-likeness (QED) is 0.522. The molecule has 1 amide bonds. The van der Waals surface area contributed by atoms with Crippen LogP contribution in [-0.2, 0) is 6.54 Å². The third-order valence-corrected chi connectivity index (χ3v) is 4.83. The van der Waals surface area contributed by atoms with Crippen molar-refractivity contribution >= 4 is 16.8 Å². The van der Waals surface area contributed by atoms with Crippen LogP contribution in [-0.4, -0.2) is 10.9 Å². The molecule has 0 aliphatic rings. The molecule has 3 nitrogen and oxygen atoms in total. The van der Waals surface area contributed by atoms with Gasteiger partial charge in [0.2, 0.25) is 0 Å². The number of rotatable bonds is 4. The summed E-state index contributed by atoms with van der Waals surface area (Å²) >= 11 is 0. The number of fused-ring (bicyclic) bond motifs is 1. The zero-order valence-electron chi connectivity index (χ0n) is 16.1. The van der Waals surface area contributed by atoms with E-state index < -0.39 is 0 Å². The van der Waals surface area contributed by atoms with Crippen LogP contribution in [0.5, 0.6) is 0 Å². The van der Waals surface area contributed by atoms with E-state index in [9.17, 15) is 4.79 Å². The van der Waals surface area contributed by atoms with E-state index in [4.69, 9.17) is 4.98 Å². The van der Waals surface area contributed by atoms with Gasteiger partial charge in [0.25, 0.3) is 5.91 Å². The van der Waals surface area contributed by atoms with Gasteiger partial charge in [0.15, 0.2) is 0 Å². The Morgan fingerprint density at radius 1 is 0.893 bits per heavy atom. The van der Waals surface area contributed by atoms with Crippen LogP contribution in [0.25, 0.3) is 22.0 Å². The highest BCUT2D eigenvalue weighted by Gasteiger charge is 2.14. The molecular formula is C25H22N2O. The van der Waals surface area contributed by atoms with Crippen LogP contribution in [0.4, 0.5) is 0 Å². The van der Waals surface area contributed by atoms with Gasteiger partial charge in [-0.25, -0.2) is 0 Å². The van der Waals surface area contributed by atoms with Gasteiger partial charge in [0.1, 0.15) is 0 Å². The fraction of sp³-hybridized carbons (Fsp3) is 0.120. The Bertz CT molecular complexity index is 1150. The Morgan fingerprint density at radius 3 is 2.46 bits per heavy atom. The standard InChI is InChI=1S/C25H22N2O/c1-17-8-6-9-19(14-17)16-26-25(28)23-15-18(2)27-24-21(12-7-13-22(23)24)20-10-4-3-5-11-20/h3-15H,16H2,1-2H3,(H,26,28).